The van der Waals surface area contributed by atoms with Crippen molar-refractivity contribution in [2.45, 2.75) is 23.1 Å². The van der Waals surface area contributed by atoms with E-state index in [9.17, 15) is 14.9 Å². The number of furan rings is 2. The number of carbonyl (C=O) groups excluding carboxylic acids is 1. The Bertz CT molecular complexity index is 1150. The lowest BCUT2D eigenvalue weighted by atomic mass is 10.1. The molecular formula is C20H17N5O5S. The summed E-state index contributed by atoms with van der Waals surface area (Å²) in [6.07, 6.45) is 4.55. The average molecular weight is 439 g/mol. The smallest absolute Gasteiger partial charge is 0.284 e. The summed E-state index contributed by atoms with van der Waals surface area (Å²) < 4.78 is 12.4. The van der Waals surface area contributed by atoms with Crippen LogP contribution in [-0.2, 0) is 20.1 Å². The van der Waals surface area contributed by atoms with Crippen molar-refractivity contribution in [3.63, 3.8) is 0 Å². The van der Waals surface area contributed by atoms with Crippen LogP contribution in [0, 0.1) is 10.1 Å². The summed E-state index contributed by atoms with van der Waals surface area (Å²) in [5.41, 5.74) is 0.00178. The van der Waals surface area contributed by atoms with E-state index < -0.39 is 4.92 Å². The van der Waals surface area contributed by atoms with Crippen LogP contribution in [0.25, 0.3) is 0 Å². The minimum Gasteiger partial charge on any atom is -0.467 e. The molecule has 0 atom stereocenters. The number of aromatic nitrogens is 3. The first-order chi connectivity index (χ1) is 15.0. The molecule has 10 nitrogen and oxygen atoms in total. The van der Waals surface area contributed by atoms with Gasteiger partial charge in [-0.3, -0.25) is 14.9 Å². The number of amides is 1. The summed E-state index contributed by atoms with van der Waals surface area (Å²) in [6.45, 7) is 0.380. The standard InChI is InChI=1S/C20H17N5O5S/c1-23-13-21-22-20(23)31-18-7-6-14(10-17(18)25(27)28)19(26)24(11-15-4-2-8-29-15)12-16-5-3-9-30-16/h2-10,13H,11-12H2,1H3. The first-order valence-corrected chi connectivity index (χ1v) is 9.97. The van der Waals surface area contributed by atoms with Crippen LogP contribution in [0.15, 0.2) is 80.2 Å². The second kappa shape index (κ2) is 8.88. The fourth-order valence-corrected chi connectivity index (χ4v) is 3.76. The predicted molar refractivity (Wildman–Crippen MR) is 109 cm³/mol. The largest absolute Gasteiger partial charge is 0.467 e. The average Bonchev–Trinajstić information content (AvgIpc) is 3.52. The van der Waals surface area contributed by atoms with Gasteiger partial charge in [0.05, 0.1) is 35.4 Å². The Morgan fingerprint density at radius 3 is 2.35 bits per heavy atom. The Hall–Kier alpha value is -3.86. The van der Waals surface area contributed by atoms with E-state index in [2.05, 4.69) is 10.2 Å². The van der Waals surface area contributed by atoms with Crippen molar-refractivity contribution >= 4 is 23.4 Å². The van der Waals surface area contributed by atoms with Gasteiger partial charge in [0.2, 0.25) is 0 Å². The minimum atomic E-state index is -0.515. The SMILES string of the molecule is Cn1cnnc1Sc1ccc(C(=O)N(Cc2ccco2)Cc2ccco2)cc1[N+](=O)[O-]. The maximum Gasteiger partial charge on any atom is 0.284 e. The molecule has 0 saturated carbocycles. The van der Waals surface area contributed by atoms with Crippen molar-refractivity contribution in [2.75, 3.05) is 0 Å². The normalized spacial score (nSPS) is 10.9. The van der Waals surface area contributed by atoms with Gasteiger partial charge in [0, 0.05) is 18.7 Å². The van der Waals surface area contributed by atoms with Gasteiger partial charge < -0.3 is 18.3 Å². The van der Waals surface area contributed by atoms with Crippen LogP contribution >= 0.6 is 11.8 Å². The molecule has 0 spiro atoms. The van der Waals surface area contributed by atoms with E-state index in [1.165, 1.54) is 29.8 Å². The van der Waals surface area contributed by atoms with E-state index in [0.717, 1.165) is 11.8 Å². The number of nitro groups is 1. The lowest BCUT2D eigenvalue weighted by Crippen LogP contribution is -2.30. The quantitative estimate of drug-likeness (QED) is 0.299. The zero-order chi connectivity index (χ0) is 21.8. The highest BCUT2D eigenvalue weighted by molar-refractivity contribution is 7.99. The molecule has 0 bridgehead atoms. The summed E-state index contributed by atoms with van der Waals surface area (Å²) in [7, 11) is 1.74. The summed E-state index contributed by atoms with van der Waals surface area (Å²) in [5.74, 6) is 0.791. The Kier molecular flexibility index (Phi) is 5.85. The van der Waals surface area contributed by atoms with Gasteiger partial charge in [0.15, 0.2) is 5.16 Å². The van der Waals surface area contributed by atoms with Crippen LogP contribution in [0.1, 0.15) is 21.9 Å². The lowest BCUT2D eigenvalue weighted by Gasteiger charge is -2.21. The molecule has 0 N–H and O–H groups in total. The Morgan fingerprint density at radius 2 is 1.84 bits per heavy atom. The van der Waals surface area contributed by atoms with E-state index in [1.54, 1.807) is 48.0 Å². The number of carbonyl (C=O) groups is 1. The van der Waals surface area contributed by atoms with Crippen molar-refractivity contribution < 1.29 is 18.6 Å². The Balaban J connectivity index is 1.63. The maximum atomic E-state index is 13.2. The van der Waals surface area contributed by atoms with Crippen LogP contribution in [-0.4, -0.2) is 30.5 Å². The second-order valence-electron chi connectivity index (χ2n) is 6.59. The van der Waals surface area contributed by atoms with Gasteiger partial charge in [-0.05, 0) is 48.2 Å². The highest BCUT2D eigenvalue weighted by Crippen LogP contribution is 2.34. The monoisotopic (exact) mass is 439 g/mol. The highest BCUT2D eigenvalue weighted by Gasteiger charge is 2.24. The highest BCUT2D eigenvalue weighted by atomic mass is 32.2. The molecule has 31 heavy (non-hydrogen) atoms. The first kappa shape index (κ1) is 20.4. The lowest BCUT2D eigenvalue weighted by molar-refractivity contribution is -0.387. The molecule has 0 fully saturated rings. The van der Waals surface area contributed by atoms with E-state index in [-0.39, 0.29) is 30.2 Å². The van der Waals surface area contributed by atoms with E-state index in [0.29, 0.717) is 21.6 Å². The second-order valence-corrected chi connectivity index (χ2v) is 7.60. The number of aryl methyl sites for hydroxylation is 1. The fraction of sp³-hybridized carbons (Fsp3) is 0.150. The Labute approximate surface area is 180 Å². The molecule has 0 unspecified atom stereocenters. The molecule has 158 valence electrons. The molecule has 0 aliphatic carbocycles. The fourth-order valence-electron chi connectivity index (χ4n) is 2.91. The Morgan fingerprint density at radius 1 is 1.16 bits per heavy atom. The summed E-state index contributed by atoms with van der Waals surface area (Å²) >= 11 is 1.10. The van der Waals surface area contributed by atoms with Crippen molar-refractivity contribution in [2.24, 2.45) is 7.05 Å². The third-order valence-electron chi connectivity index (χ3n) is 4.41. The van der Waals surface area contributed by atoms with Crippen LogP contribution in [0.5, 0.6) is 0 Å². The third kappa shape index (κ3) is 4.67. The van der Waals surface area contributed by atoms with Gasteiger partial charge in [-0.15, -0.1) is 10.2 Å². The van der Waals surface area contributed by atoms with Crippen LogP contribution in [0.3, 0.4) is 0 Å². The zero-order valence-electron chi connectivity index (χ0n) is 16.4. The maximum absolute atomic E-state index is 13.2. The van der Waals surface area contributed by atoms with Gasteiger partial charge in [0.1, 0.15) is 17.8 Å². The molecule has 4 rings (SSSR count). The minimum absolute atomic E-state index is 0.185. The molecule has 1 aromatic carbocycles. The van der Waals surface area contributed by atoms with Gasteiger partial charge in [-0.1, -0.05) is 0 Å². The third-order valence-corrected chi connectivity index (χ3v) is 5.53. The number of hydrogen-bond donors (Lipinski definition) is 0. The van der Waals surface area contributed by atoms with Crippen molar-refractivity contribution in [3.8, 4) is 0 Å². The molecule has 3 aromatic heterocycles. The molecular weight excluding hydrogens is 422 g/mol. The topological polar surface area (TPSA) is 120 Å². The van der Waals surface area contributed by atoms with Crippen LogP contribution in [0.2, 0.25) is 0 Å². The molecule has 0 aliphatic heterocycles. The number of nitro benzene ring substituents is 1. The number of hydrogen-bond acceptors (Lipinski definition) is 8. The first-order valence-electron chi connectivity index (χ1n) is 9.15. The molecule has 3 heterocycles. The predicted octanol–water partition coefficient (Wildman–Crippen LogP) is 3.90. The van der Waals surface area contributed by atoms with Crippen molar-refractivity contribution in [3.05, 3.63) is 88.5 Å². The molecule has 1 amide bonds. The van der Waals surface area contributed by atoms with E-state index in [1.807, 2.05) is 0 Å². The number of rotatable bonds is 8. The van der Waals surface area contributed by atoms with Gasteiger partial charge in [0.25, 0.3) is 11.6 Å². The summed E-state index contributed by atoms with van der Waals surface area (Å²) in [6, 6.07) is 11.4. The van der Waals surface area contributed by atoms with E-state index >= 15 is 0 Å². The number of nitrogens with zero attached hydrogens (tertiary/aromatic N) is 5. The summed E-state index contributed by atoms with van der Waals surface area (Å²) in [5, 5.41) is 19.9. The van der Waals surface area contributed by atoms with Crippen molar-refractivity contribution in [1.82, 2.24) is 19.7 Å². The molecule has 11 heteroatoms. The van der Waals surface area contributed by atoms with Crippen LogP contribution < -0.4 is 0 Å². The van der Waals surface area contributed by atoms with Gasteiger partial charge in [-0.25, -0.2) is 0 Å². The van der Waals surface area contributed by atoms with Gasteiger partial charge >= 0.3 is 0 Å². The molecule has 0 radical (unpaired) electrons. The van der Waals surface area contributed by atoms with Gasteiger partial charge in [-0.2, -0.15) is 0 Å². The summed E-state index contributed by atoms with van der Waals surface area (Å²) in [4.78, 5) is 26.3. The van der Waals surface area contributed by atoms with Crippen LogP contribution in [0.4, 0.5) is 5.69 Å². The number of benzene rings is 1. The molecule has 0 saturated heterocycles. The zero-order valence-corrected chi connectivity index (χ0v) is 17.2. The van der Waals surface area contributed by atoms with E-state index in [4.69, 9.17) is 8.83 Å². The van der Waals surface area contributed by atoms with Crippen molar-refractivity contribution in [1.29, 1.82) is 0 Å². The molecule has 0 aliphatic rings. The molecule has 4 aromatic rings.